The van der Waals surface area contributed by atoms with Gasteiger partial charge in [-0.2, -0.15) is 5.10 Å². The molecule has 1 N–H and O–H groups in total. The lowest BCUT2D eigenvalue weighted by atomic mass is 9.70. The van der Waals surface area contributed by atoms with Crippen molar-refractivity contribution in [3.8, 4) is 0 Å². The maximum atomic E-state index is 4.12. The highest BCUT2D eigenvalue weighted by Gasteiger charge is 2.31. The van der Waals surface area contributed by atoms with Gasteiger partial charge in [-0.25, -0.2) is 0 Å². The van der Waals surface area contributed by atoms with E-state index >= 15 is 0 Å². The van der Waals surface area contributed by atoms with Crippen molar-refractivity contribution in [1.29, 1.82) is 0 Å². The Morgan fingerprint density at radius 3 is 2.85 bits per heavy atom. The van der Waals surface area contributed by atoms with Gasteiger partial charge in [0.2, 0.25) is 0 Å². The molecule has 0 atom stereocenters. The van der Waals surface area contributed by atoms with Gasteiger partial charge in [0.1, 0.15) is 5.82 Å². The monoisotopic (exact) mass is 179 g/mol. The third-order valence-electron chi connectivity index (χ3n) is 3.08. The first kappa shape index (κ1) is 8.60. The van der Waals surface area contributed by atoms with E-state index in [2.05, 4.69) is 17.3 Å². The smallest absolute Gasteiger partial charge is 0.123 e. The summed E-state index contributed by atoms with van der Waals surface area (Å²) in [4.78, 5) is 0. The van der Waals surface area contributed by atoms with Crippen molar-refractivity contribution in [3.63, 3.8) is 0 Å². The van der Waals surface area contributed by atoms with Gasteiger partial charge in [0, 0.05) is 19.7 Å². The number of hydrogen-bond acceptors (Lipinski definition) is 2. The van der Waals surface area contributed by atoms with Crippen LogP contribution < -0.4 is 5.32 Å². The van der Waals surface area contributed by atoms with Crippen molar-refractivity contribution in [2.75, 3.05) is 11.9 Å². The minimum Gasteiger partial charge on any atom is -0.370 e. The summed E-state index contributed by atoms with van der Waals surface area (Å²) in [5, 5.41) is 7.55. The third kappa shape index (κ3) is 1.69. The zero-order chi connectivity index (χ0) is 9.31. The highest BCUT2D eigenvalue weighted by atomic mass is 15.3. The fourth-order valence-corrected chi connectivity index (χ4v) is 1.81. The first-order chi connectivity index (χ1) is 6.20. The molecule has 1 saturated carbocycles. The average molecular weight is 179 g/mol. The maximum Gasteiger partial charge on any atom is 0.123 e. The molecule has 0 aromatic carbocycles. The summed E-state index contributed by atoms with van der Waals surface area (Å²) in [6.45, 7) is 3.42. The molecule has 1 heterocycles. The lowest BCUT2D eigenvalue weighted by Gasteiger charge is -2.38. The van der Waals surface area contributed by atoms with Crippen LogP contribution in [0.5, 0.6) is 0 Å². The molecule has 72 valence electrons. The number of aryl methyl sites for hydroxylation is 1. The largest absolute Gasteiger partial charge is 0.370 e. The highest BCUT2D eigenvalue weighted by molar-refractivity contribution is 5.33. The minimum atomic E-state index is 0.532. The van der Waals surface area contributed by atoms with Gasteiger partial charge in [-0.05, 0) is 18.3 Å². The van der Waals surface area contributed by atoms with Crippen LogP contribution >= 0.6 is 0 Å². The van der Waals surface area contributed by atoms with Crippen LogP contribution in [0.15, 0.2) is 12.3 Å². The predicted octanol–water partition coefficient (Wildman–Crippen LogP) is 2.02. The van der Waals surface area contributed by atoms with E-state index in [0.29, 0.717) is 5.41 Å². The molecule has 1 aromatic heterocycles. The fourth-order valence-electron chi connectivity index (χ4n) is 1.81. The van der Waals surface area contributed by atoms with Gasteiger partial charge in [0.15, 0.2) is 0 Å². The summed E-state index contributed by atoms with van der Waals surface area (Å²) >= 11 is 0. The molecule has 1 fully saturated rings. The summed E-state index contributed by atoms with van der Waals surface area (Å²) in [5.41, 5.74) is 0.532. The summed E-state index contributed by atoms with van der Waals surface area (Å²) in [5.74, 6) is 1.12. The van der Waals surface area contributed by atoms with Gasteiger partial charge in [-0.15, -0.1) is 0 Å². The van der Waals surface area contributed by atoms with Crippen molar-refractivity contribution in [3.05, 3.63) is 12.3 Å². The zero-order valence-corrected chi connectivity index (χ0v) is 8.38. The fraction of sp³-hybridized carbons (Fsp3) is 0.700. The molecular weight excluding hydrogens is 162 g/mol. The molecule has 13 heavy (non-hydrogen) atoms. The van der Waals surface area contributed by atoms with Gasteiger partial charge in [-0.1, -0.05) is 13.3 Å². The topological polar surface area (TPSA) is 29.9 Å². The molecule has 0 spiro atoms. The van der Waals surface area contributed by atoms with Crippen molar-refractivity contribution >= 4 is 5.82 Å². The maximum absolute atomic E-state index is 4.12. The molecule has 2 rings (SSSR count). The SMILES string of the molecule is Cn1nccc1NCC1(C)CCC1. The van der Waals surface area contributed by atoms with Crippen molar-refractivity contribution in [2.24, 2.45) is 12.5 Å². The Kier molecular flexibility index (Phi) is 2.02. The van der Waals surface area contributed by atoms with E-state index in [1.165, 1.54) is 19.3 Å². The van der Waals surface area contributed by atoms with E-state index in [9.17, 15) is 0 Å². The molecule has 0 saturated heterocycles. The van der Waals surface area contributed by atoms with Gasteiger partial charge < -0.3 is 5.32 Å². The third-order valence-corrected chi connectivity index (χ3v) is 3.08. The molecule has 0 bridgehead atoms. The number of anilines is 1. The number of nitrogens with one attached hydrogen (secondary N) is 1. The molecule has 3 heteroatoms. The number of hydrogen-bond donors (Lipinski definition) is 1. The van der Waals surface area contributed by atoms with E-state index in [0.717, 1.165) is 12.4 Å². The van der Waals surface area contributed by atoms with E-state index in [1.54, 1.807) is 0 Å². The Morgan fingerprint density at radius 1 is 1.62 bits per heavy atom. The van der Waals surface area contributed by atoms with Crippen LogP contribution in [0.1, 0.15) is 26.2 Å². The summed E-state index contributed by atoms with van der Waals surface area (Å²) in [6, 6.07) is 2.02. The van der Waals surface area contributed by atoms with E-state index < -0.39 is 0 Å². The standard InChI is InChI=1S/C10H17N3/c1-10(5-3-6-10)8-11-9-4-7-12-13(9)2/h4,7,11H,3,5-6,8H2,1-2H3. The Labute approximate surface area is 79.1 Å². The molecule has 0 aliphatic heterocycles. The first-order valence-corrected chi connectivity index (χ1v) is 4.92. The summed E-state index contributed by atoms with van der Waals surface area (Å²) < 4.78 is 1.88. The van der Waals surface area contributed by atoms with Crippen LogP contribution in [0.2, 0.25) is 0 Å². The van der Waals surface area contributed by atoms with Crippen molar-refractivity contribution < 1.29 is 0 Å². The quantitative estimate of drug-likeness (QED) is 0.769. The molecule has 1 aromatic rings. The van der Waals surface area contributed by atoms with E-state index in [-0.39, 0.29) is 0 Å². The molecular formula is C10H17N3. The summed E-state index contributed by atoms with van der Waals surface area (Å²) in [6.07, 6.45) is 5.94. The molecule has 1 aliphatic rings. The summed E-state index contributed by atoms with van der Waals surface area (Å²) in [7, 11) is 1.96. The van der Waals surface area contributed by atoms with Crippen LogP contribution in [-0.4, -0.2) is 16.3 Å². The van der Waals surface area contributed by atoms with Crippen LogP contribution in [0.4, 0.5) is 5.82 Å². The second-order valence-electron chi connectivity index (χ2n) is 4.36. The Balaban J connectivity index is 1.89. The predicted molar refractivity (Wildman–Crippen MR) is 53.7 cm³/mol. The molecule has 3 nitrogen and oxygen atoms in total. The van der Waals surface area contributed by atoms with Gasteiger partial charge in [-0.3, -0.25) is 4.68 Å². The van der Waals surface area contributed by atoms with Crippen molar-refractivity contribution in [1.82, 2.24) is 9.78 Å². The number of nitrogens with zero attached hydrogens (tertiary/aromatic N) is 2. The Hall–Kier alpha value is -0.990. The molecule has 0 unspecified atom stereocenters. The van der Waals surface area contributed by atoms with Gasteiger partial charge in [0.05, 0.1) is 6.20 Å². The normalized spacial score (nSPS) is 19.5. The van der Waals surface area contributed by atoms with Crippen LogP contribution in [0, 0.1) is 5.41 Å². The van der Waals surface area contributed by atoms with Crippen LogP contribution in [0.25, 0.3) is 0 Å². The second kappa shape index (κ2) is 3.05. The Morgan fingerprint density at radius 2 is 2.38 bits per heavy atom. The van der Waals surface area contributed by atoms with Gasteiger partial charge >= 0.3 is 0 Å². The van der Waals surface area contributed by atoms with Gasteiger partial charge in [0.25, 0.3) is 0 Å². The Bertz CT molecular complexity index is 286. The number of aromatic nitrogens is 2. The second-order valence-corrected chi connectivity index (χ2v) is 4.36. The zero-order valence-electron chi connectivity index (χ0n) is 8.38. The van der Waals surface area contributed by atoms with Crippen LogP contribution in [0.3, 0.4) is 0 Å². The first-order valence-electron chi connectivity index (χ1n) is 4.92. The van der Waals surface area contributed by atoms with Crippen LogP contribution in [-0.2, 0) is 7.05 Å². The van der Waals surface area contributed by atoms with Crippen molar-refractivity contribution in [2.45, 2.75) is 26.2 Å². The molecule has 1 aliphatic carbocycles. The molecule has 0 amide bonds. The van der Waals surface area contributed by atoms with E-state index in [1.807, 2.05) is 24.0 Å². The average Bonchev–Trinajstić information content (AvgIpc) is 2.44. The minimum absolute atomic E-state index is 0.532. The lowest BCUT2D eigenvalue weighted by Crippen LogP contribution is -2.33. The lowest BCUT2D eigenvalue weighted by molar-refractivity contribution is 0.179. The molecule has 0 radical (unpaired) electrons. The highest BCUT2D eigenvalue weighted by Crippen LogP contribution is 2.40. The number of rotatable bonds is 3. The van der Waals surface area contributed by atoms with E-state index in [4.69, 9.17) is 0 Å².